The molecule has 38 heavy (non-hydrogen) atoms. The molecule has 1 aliphatic heterocycles. The number of nitro benzene ring substituents is 1. The number of benzene rings is 3. The van der Waals surface area contributed by atoms with E-state index in [1.165, 1.54) is 30.3 Å². The minimum Gasteiger partial charge on any atom is -0.497 e. The summed E-state index contributed by atoms with van der Waals surface area (Å²) in [6.07, 6.45) is 0. The van der Waals surface area contributed by atoms with Crippen LogP contribution >= 0.6 is 0 Å². The zero-order chi connectivity index (χ0) is 27.2. The molecule has 8 heteroatoms. The molecule has 7 nitrogen and oxygen atoms in total. The number of halogens is 1. The highest BCUT2D eigenvalue weighted by Crippen LogP contribution is 2.36. The number of amides is 1. The molecule has 2 unspecified atom stereocenters. The Bertz CT molecular complexity index is 1260. The first-order valence-electron chi connectivity index (χ1n) is 12.9. The second kappa shape index (κ2) is 12.2. The topological polar surface area (TPSA) is 75.9 Å². The van der Waals surface area contributed by atoms with Crippen molar-refractivity contribution in [2.45, 2.75) is 26.3 Å². The van der Waals surface area contributed by atoms with E-state index in [1.807, 2.05) is 29.2 Å². The van der Waals surface area contributed by atoms with Gasteiger partial charge in [-0.2, -0.15) is 0 Å². The molecule has 1 amide bonds. The van der Waals surface area contributed by atoms with Gasteiger partial charge in [-0.15, -0.1) is 0 Å². The van der Waals surface area contributed by atoms with E-state index in [4.69, 9.17) is 4.74 Å². The number of rotatable bonds is 10. The summed E-state index contributed by atoms with van der Waals surface area (Å²) in [5, 5.41) is 11.6. The summed E-state index contributed by atoms with van der Waals surface area (Å²) in [4.78, 5) is 28.9. The number of nitro groups is 1. The van der Waals surface area contributed by atoms with Crippen LogP contribution in [0.3, 0.4) is 0 Å². The first-order valence-corrected chi connectivity index (χ1v) is 12.9. The molecule has 2 atom stereocenters. The molecule has 4 rings (SSSR count). The zero-order valence-corrected chi connectivity index (χ0v) is 22.0. The van der Waals surface area contributed by atoms with Crippen molar-refractivity contribution in [3.63, 3.8) is 0 Å². The van der Waals surface area contributed by atoms with Crippen molar-refractivity contribution in [3.05, 3.63) is 105 Å². The SMILES string of the molecule is COc1cccc(C2CN(Cc3ccccc3[N+](=O)[O-])CC2CN(CC(C)C)C(=O)c2ccc(F)cc2)c1. The van der Waals surface area contributed by atoms with Crippen molar-refractivity contribution in [2.75, 3.05) is 33.3 Å². The Balaban J connectivity index is 1.63. The van der Waals surface area contributed by atoms with E-state index in [0.29, 0.717) is 43.9 Å². The molecule has 0 saturated carbocycles. The third kappa shape index (κ3) is 6.55. The minimum atomic E-state index is -0.378. The normalized spacial score (nSPS) is 17.5. The predicted molar refractivity (Wildman–Crippen MR) is 145 cm³/mol. The van der Waals surface area contributed by atoms with Gasteiger partial charge in [0.1, 0.15) is 11.6 Å². The summed E-state index contributed by atoms with van der Waals surface area (Å²) in [6, 6.07) is 20.5. The number of methoxy groups -OCH3 is 1. The summed E-state index contributed by atoms with van der Waals surface area (Å²) < 4.78 is 19.0. The first-order chi connectivity index (χ1) is 18.2. The highest BCUT2D eigenvalue weighted by atomic mass is 19.1. The number of nitrogens with zero attached hydrogens (tertiary/aromatic N) is 3. The number of carbonyl (C=O) groups excluding carboxylic acids is 1. The van der Waals surface area contributed by atoms with Crippen LogP contribution < -0.4 is 4.74 Å². The fourth-order valence-electron chi connectivity index (χ4n) is 5.33. The number of para-hydroxylation sites is 1. The molecule has 1 fully saturated rings. The second-order valence-electron chi connectivity index (χ2n) is 10.3. The third-order valence-electron chi connectivity index (χ3n) is 7.04. The Labute approximate surface area is 223 Å². The molecule has 0 aromatic heterocycles. The van der Waals surface area contributed by atoms with Gasteiger partial charge in [-0.05, 0) is 53.8 Å². The van der Waals surface area contributed by atoms with Crippen LogP contribution in [0.4, 0.5) is 10.1 Å². The maximum atomic E-state index is 13.5. The lowest BCUT2D eigenvalue weighted by Crippen LogP contribution is -2.39. The van der Waals surface area contributed by atoms with Gasteiger partial charge >= 0.3 is 0 Å². The number of likely N-dealkylation sites (tertiary alicyclic amines) is 1. The van der Waals surface area contributed by atoms with Gasteiger partial charge in [0.05, 0.1) is 12.0 Å². The zero-order valence-electron chi connectivity index (χ0n) is 22.0. The molecule has 0 radical (unpaired) electrons. The molecule has 1 heterocycles. The summed E-state index contributed by atoms with van der Waals surface area (Å²) in [7, 11) is 1.64. The fourth-order valence-corrected chi connectivity index (χ4v) is 5.33. The number of carbonyl (C=O) groups is 1. The first kappa shape index (κ1) is 27.3. The van der Waals surface area contributed by atoms with Crippen molar-refractivity contribution in [1.29, 1.82) is 0 Å². The van der Waals surface area contributed by atoms with Crippen molar-refractivity contribution in [2.24, 2.45) is 11.8 Å². The number of ether oxygens (including phenoxy) is 1. The molecule has 0 bridgehead atoms. The molecule has 200 valence electrons. The quantitative estimate of drug-likeness (QED) is 0.252. The maximum absolute atomic E-state index is 13.5. The van der Waals surface area contributed by atoms with Gasteiger partial charge in [0.25, 0.3) is 11.6 Å². The average Bonchev–Trinajstić information content (AvgIpc) is 3.30. The van der Waals surface area contributed by atoms with E-state index >= 15 is 0 Å². The average molecular weight is 520 g/mol. The van der Waals surface area contributed by atoms with Crippen LogP contribution in [0.5, 0.6) is 5.75 Å². The van der Waals surface area contributed by atoms with Gasteiger partial charge in [-0.25, -0.2) is 4.39 Å². The molecular weight excluding hydrogens is 485 g/mol. The largest absolute Gasteiger partial charge is 0.497 e. The predicted octanol–water partition coefficient (Wildman–Crippen LogP) is 5.76. The molecule has 0 N–H and O–H groups in total. The van der Waals surface area contributed by atoms with E-state index in [1.54, 1.807) is 19.2 Å². The summed E-state index contributed by atoms with van der Waals surface area (Å²) in [5.74, 6) is 0.701. The lowest BCUT2D eigenvalue weighted by molar-refractivity contribution is -0.385. The van der Waals surface area contributed by atoms with Gasteiger partial charge in [0.15, 0.2) is 0 Å². The molecule has 3 aromatic carbocycles. The molecule has 3 aromatic rings. The Morgan fingerprint density at radius 2 is 1.84 bits per heavy atom. The highest BCUT2D eigenvalue weighted by Gasteiger charge is 2.37. The van der Waals surface area contributed by atoms with Crippen LogP contribution in [0.1, 0.15) is 41.3 Å². The lowest BCUT2D eigenvalue weighted by Gasteiger charge is -2.30. The Hall–Kier alpha value is -3.78. The maximum Gasteiger partial charge on any atom is 0.273 e. The summed E-state index contributed by atoms with van der Waals surface area (Å²) in [6.45, 7) is 7.05. The highest BCUT2D eigenvalue weighted by molar-refractivity contribution is 5.94. The Morgan fingerprint density at radius 1 is 1.11 bits per heavy atom. The van der Waals surface area contributed by atoms with Crippen LogP contribution in [-0.4, -0.2) is 53.9 Å². The summed E-state index contributed by atoms with van der Waals surface area (Å²) in [5.41, 5.74) is 2.35. The second-order valence-corrected chi connectivity index (χ2v) is 10.3. The van der Waals surface area contributed by atoms with Gasteiger partial charge < -0.3 is 9.64 Å². The van der Waals surface area contributed by atoms with E-state index < -0.39 is 0 Å². The smallest absolute Gasteiger partial charge is 0.273 e. The molecule has 1 aliphatic rings. The molecular formula is C30H34FN3O4. The van der Waals surface area contributed by atoms with Crippen LogP contribution in [0, 0.1) is 27.8 Å². The number of hydrogen-bond donors (Lipinski definition) is 0. The van der Waals surface area contributed by atoms with Crippen LogP contribution in [0.2, 0.25) is 0 Å². The fraction of sp³-hybridized carbons (Fsp3) is 0.367. The van der Waals surface area contributed by atoms with Gasteiger partial charge in [-0.3, -0.25) is 19.8 Å². The number of hydrogen-bond acceptors (Lipinski definition) is 5. The lowest BCUT2D eigenvalue weighted by atomic mass is 9.88. The molecule has 0 aliphatic carbocycles. The van der Waals surface area contributed by atoms with E-state index in [0.717, 1.165) is 11.3 Å². The van der Waals surface area contributed by atoms with E-state index in [2.05, 4.69) is 24.8 Å². The minimum absolute atomic E-state index is 0.0908. The van der Waals surface area contributed by atoms with Crippen LogP contribution in [0.25, 0.3) is 0 Å². The van der Waals surface area contributed by atoms with Gasteiger partial charge in [-0.1, -0.05) is 44.2 Å². The van der Waals surface area contributed by atoms with E-state index in [9.17, 15) is 19.3 Å². The van der Waals surface area contributed by atoms with Crippen molar-refractivity contribution >= 4 is 11.6 Å². The van der Waals surface area contributed by atoms with Crippen molar-refractivity contribution in [3.8, 4) is 5.75 Å². The van der Waals surface area contributed by atoms with E-state index in [-0.39, 0.29) is 40.1 Å². The third-order valence-corrected chi connectivity index (χ3v) is 7.04. The monoisotopic (exact) mass is 519 g/mol. The standard InChI is InChI=1S/C30H34FN3O4/c1-21(2)16-33(30(35)22-11-13-26(31)14-12-22)19-25-18-32(17-24-7-4-5-10-29(24)34(36)37)20-28(25)23-8-6-9-27(15-23)38-3/h4-15,21,25,28H,16-20H2,1-3H3. The van der Waals surface area contributed by atoms with Gasteiger partial charge in [0, 0.05) is 55.8 Å². The molecule has 1 saturated heterocycles. The molecule has 0 spiro atoms. The van der Waals surface area contributed by atoms with Crippen molar-refractivity contribution in [1.82, 2.24) is 9.80 Å². The van der Waals surface area contributed by atoms with Gasteiger partial charge in [0.2, 0.25) is 0 Å². The van der Waals surface area contributed by atoms with Crippen LogP contribution in [-0.2, 0) is 6.54 Å². The Morgan fingerprint density at radius 3 is 2.53 bits per heavy atom. The Kier molecular flexibility index (Phi) is 8.73. The summed E-state index contributed by atoms with van der Waals surface area (Å²) >= 11 is 0. The van der Waals surface area contributed by atoms with Crippen molar-refractivity contribution < 1.29 is 18.8 Å². The van der Waals surface area contributed by atoms with Crippen LogP contribution in [0.15, 0.2) is 72.8 Å².